The van der Waals surface area contributed by atoms with Gasteiger partial charge in [0.05, 0.1) is 13.7 Å². The first kappa shape index (κ1) is 13.6. The van der Waals surface area contributed by atoms with Gasteiger partial charge in [0.15, 0.2) is 0 Å². The largest absolute Gasteiger partial charge is 0.468 e. The Labute approximate surface area is 101 Å². The number of carbonyl (C=O) groups excluding carboxylic acids is 1. The van der Waals surface area contributed by atoms with Crippen LogP contribution in [0.3, 0.4) is 0 Å². The maximum Gasteiger partial charge on any atom is 0.319 e. The summed E-state index contributed by atoms with van der Waals surface area (Å²) in [6.45, 7) is 3.61. The minimum Gasteiger partial charge on any atom is -0.468 e. The molecule has 0 aromatic heterocycles. The first-order chi connectivity index (χ1) is 8.15. The quantitative estimate of drug-likeness (QED) is 0.713. The van der Waals surface area contributed by atoms with Crippen molar-refractivity contribution < 1.29 is 13.9 Å². The number of ether oxygens (including phenoxy) is 1. The maximum absolute atomic E-state index is 13.0. The van der Waals surface area contributed by atoms with Crippen LogP contribution in [0, 0.1) is 5.82 Å². The normalized spacial score (nSPS) is 10.6. The molecule has 0 amide bonds. The van der Waals surface area contributed by atoms with E-state index in [1.54, 1.807) is 6.07 Å². The van der Waals surface area contributed by atoms with E-state index in [9.17, 15) is 9.18 Å². The molecule has 0 aliphatic rings. The van der Waals surface area contributed by atoms with Gasteiger partial charge in [-0.15, -0.1) is 0 Å². The van der Waals surface area contributed by atoms with Gasteiger partial charge in [0, 0.05) is 6.54 Å². The first-order valence-corrected chi connectivity index (χ1v) is 5.69. The second-order valence-electron chi connectivity index (χ2n) is 3.92. The summed E-state index contributed by atoms with van der Waals surface area (Å²) in [6, 6.07) is 6.42. The Hall–Kier alpha value is -1.42. The minimum absolute atomic E-state index is 0.237. The summed E-state index contributed by atoms with van der Waals surface area (Å²) < 4.78 is 17.7. The number of methoxy groups -OCH3 is 1. The molecule has 0 heterocycles. The first-order valence-electron chi connectivity index (χ1n) is 5.69. The fourth-order valence-corrected chi connectivity index (χ4v) is 1.67. The number of nitrogens with zero attached hydrogens (tertiary/aromatic N) is 1. The lowest BCUT2D eigenvalue weighted by atomic mass is 10.2. The van der Waals surface area contributed by atoms with Gasteiger partial charge in [-0.25, -0.2) is 4.39 Å². The Bertz CT molecular complexity index is 368. The van der Waals surface area contributed by atoms with Crippen molar-refractivity contribution in [2.75, 3.05) is 20.2 Å². The molecule has 0 saturated carbocycles. The summed E-state index contributed by atoms with van der Waals surface area (Å²) in [5.74, 6) is -0.521. The highest BCUT2D eigenvalue weighted by Crippen LogP contribution is 2.07. The average Bonchev–Trinajstić information content (AvgIpc) is 2.29. The van der Waals surface area contributed by atoms with Crippen molar-refractivity contribution in [3.8, 4) is 0 Å². The molecule has 0 N–H and O–H groups in total. The van der Waals surface area contributed by atoms with Crippen LogP contribution in [0.25, 0.3) is 0 Å². The summed E-state index contributed by atoms with van der Waals surface area (Å²) in [6.07, 6.45) is 0.937. The van der Waals surface area contributed by atoms with Crippen LogP contribution in [0.5, 0.6) is 0 Å². The van der Waals surface area contributed by atoms with Gasteiger partial charge in [-0.1, -0.05) is 19.1 Å². The Balaban J connectivity index is 2.62. The smallest absolute Gasteiger partial charge is 0.319 e. The second kappa shape index (κ2) is 7.01. The number of rotatable bonds is 6. The highest BCUT2D eigenvalue weighted by atomic mass is 19.1. The molecule has 0 saturated heterocycles. The van der Waals surface area contributed by atoms with Crippen molar-refractivity contribution in [2.45, 2.75) is 19.9 Å². The Morgan fingerprint density at radius 1 is 1.47 bits per heavy atom. The van der Waals surface area contributed by atoms with Crippen LogP contribution in [0.4, 0.5) is 4.39 Å². The standard InChI is InChI=1S/C13H18FNO2/c1-3-7-15(10-13(16)17-2)9-11-5-4-6-12(14)8-11/h4-6,8H,3,7,9-10H2,1-2H3. The van der Waals surface area contributed by atoms with Crippen molar-refractivity contribution in [2.24, 2.45) is 0 Å². The van der Waals surface area contributed by atoms with E-state index < -0.39 is 0 Å². The molecule has 17 heavy (non-hydrogen) atoms. The fraction of sp³-hybridized carbons (Fsp3) is 0.462. The van der Waals surface area contributed by atoms with Gasteiger partial charge < -0.3 is 4.74 Å². The Kier molecular flexibility index (Phi) is 5.63. The number of hydrogen-bond acceptors (Lipinski definition) is 3. The van der Waals surface area contributed by atoms with Crippen LogP contribution in [0.15, 0.2) is 24.3 Å². The van der Waals surface area contributed by atoms with Crippen molar-refractivity contribution >= 4 is 5.97 Å². The predicted octanol–water partition coefficient (Wildman–Crippen LogP) is 2.21. The van der Waals surface area contributed by atoms with Crippen LogP contribution < -0.4 is 0 Å². The highest BCUT2D eigenvalue weighted by molar-refractivity contribution is 5.71. The van der Waals surface area contributed by atoms with Crippen molar-refractivity contribution in [1.29, 1.82) is 0 Å². The van der Waals surface area contributed by atoms with Gasteiger partial charge in [-0.3, -0.25) is 9.69 Å². The molecule has 1 aromatic rings. The van der Waals surface area contributed by atoms with E-state index >= 15 is 0 Å². The molecule has 0 aliphatic carbocycles. The van der Waals surface area contributed by atoms with E-state index in [2.05, 4.69) is 4.74 Å². The van der Waals surface area contributed by atoms with E-state index in [0.29, 0.717) is 6.54 Å². The molecule has 4 heteroatoms. The molecule has 0 radical (unpaired) electrons. The third kappa shape index (κ3) is 4.95. The third-order valence-electron chi connectivity index (χ3n) is 2.42. The van der Waals surface area contributed by atoms with Crippen LogP contribution in [-0.4, -0.2) is 31.1 Å². The zero-order valence-electron chi connectivity index (χ0n) is 10.3. The third-order valence-corrected chi connectivity index (χ3v) is 2.42. The minimum atomic E-state index is -0.269. The molecule has 0 spiro atoms. The zero-order chi connectivity index (χ0) is 12.7. The number of benzene rings is 1. The Morgan fingerprint density at radius 3 is 2.82 bits per heavy atom. The van der Waals surface area contributed by atoms with E-state index in [1.165, 1.54) is 19.2 Å². The van der Waals surface area contributed by atoms with E-state index in [-0.39, 0.29) is 18.3 Å². The molecule has 94 valence electrons. The molecule has 0 aliphatic heterocycles. The second-order valence-corrected chi connectivity index (χ2v) is 3.92. The van der Waals surface area contributed by atoms with Crippen LogP contribution in [0.1, 0.15) is 18.9 Å². The summed E-state index contributed by atoms with van der Waals surface area (Å²) in [5, 5.41) is 0. The van der Waals surface area contributed by atoms with Gasteiger partial charge in [-0.05, 0) is 30.7 Å². The van der Waals surface area contributed by atoms with E-state index in [1.807, 2.05) is 17.9 Å². The van der Waals surface area contributed by atoms with Crippen LogP contribution in [0.2, 0.25) is 0 Å². The molecule has 3 nitrogen and oxygen atoms in total. The van der Waals surface area contributed by atoms with Gasteiger partial charge in [0.2, 0.25) is 0 Å². The predicted molar refractivity (Wildman–Crippen MR) is 64.0 cm³/mol. The van der Waals surface area contributed by atoms with Gasteiger partial charge in [0.1, 0.15) is 5.82 Å². The summed E-state index contributed by atoms with van der Waals surface area (Å²) in [7, 11) is 1.37. The van der Waals surface area contributed by atoms with Crippen LogP contribution >= 0.6 is 0 Å². The molecular formula is C13H18FNO2. The SMILES string of the molecule is CCCN(CC(=O)OC)Cc1cccc(F)c1. The van der Waals surface area contributed by atoms with Crippen LogP contribution in [-0.2, 0) is 16.1 Å². The topological polar surface area (TPSA) is 29.5 Å². The molecule has 0 atom stereocenters. The molecule has 0 unspecified atom stereocenters. The lowest BCUT2D eigenvalue weighted by molar-refractivity contribution is -0.142. The number of halogens is 1. The molecule has 0 bridgehead atoms. The van der Waals surface area contributed by atoms with E-state index in [4.69, 9.17) is 0 Å². The zero-order valence-corrected chi connectivity index (χ0v) is 10.3. The molecule has 1 rings (SSSR count). The van der Waals surface area contributed by atoms with E-state index in [0.717, 1.165) is 18.5 Å². The summed E-state index contributed by atoms with van der Waals surface area (Å²) in [4.78, 5) is 13.2. The highest BCUT2D eigenvalue weighted by Gasteiger charge is 2.10. The number of carbonyl (C=O) groups is 1. The van der Waals surface area contributed by atoms with Crippen molar-refractivity contribution in [3.63, 3.8) is 0 Å². The Morgan fingerprint density at radius 2 is 2.24 bits per heavy atom. The number of hydrogen-bond donors (Lipinski definition) is 0. The van der Waals surface area contributed by atoms with Crippen molar-refractivity contribution in [3.05, 3.63) is 35.6 Å². The van der Waals surface area contributed by atoms with Gasteiger partial charge >= 0.3 is 5.97 Å². The summed E-state index contributed by atoms with van der Waals surface area (Å²) >= 11 is 0. The molecule has 0 fully saturated rings. The summed E-state index contributed by atoms with van der Waals surface area (Å²) in [5.41, 5.74) is 0.863. The lowest BCUT2D eigenvalue weighted by Crippen LogP contribution is -2.30. The van der Waals surface area contributed by atoms with Gasteiger partial charge in [-0.2, -0.15) is 0 Å². The lowest BCUT2D eigenvalue weighted by Gasteiger charge is -2.20. The van der Waals surface area contributed by atoms with Crippen molar-refractivity contribution in [1.82, 2.24) is 4.90 Å². The van der Waals surface area contributed by atoms with Gasteiger partial charge in [0.25, 0.3) is 0 Å². The molecular weight excluding hydrogens is 221 g/mol. The number of esters is 1. The maximum atomic E-state index is 13.0. The molecule has 1 aromatic carbocycles. The fourth-order valence-electron chi connectivity index (χ4n) is 1.67. The monoisotopic (exact) mass is 239 g/mol. The average molecular weight is 239 g/mol.